The summed E-state index contributed by atoms with van der Waals surface area (Å²) in [5.41, 5.74) is 2.32. The standard InChI is InChI=1S/C22H29N3O3/c1-15(2)22(17-6-7-19-20(13-17)28-12-11-27-19)23-21(26)14-25-10-9-24-8-4-5-18(24)16(25)3/h4-8,13,15-16,22H,9-12,14H2,1-3H3,(H,23,26)/t16-,22+/m0/s1. The Bertz CT molecular complexity index is 845. The molecule has 6 nitrogen and oxygen atoms in total. The maximum absolute atomic E-state index is 12.9. The van der Waals surface area contributed by atoms with E-state index in [0.717, 1.165) is 30.2 Å². The van der Waals surface area contributed by atoms with Crippen LogP contribution in [0.25, 0.3) is 0 Å². The van der Waals surface area contributed by atoms with Crippen LogP contribution in [-0.4, -0.2) is 41.7 Å². The Morgan fingerprint density at radius 2 is 1.96 bits per heavy atom. The third kappa shape index (κ3) is 3.74. The van der Waals surface area contributed by atoms with Crippen LogP contribution in [0.5, 0.6) is 11.5 Å². The van der Waals surface area contributed by atoms with Crippen LogP contribution in [-0.2, 0) is 11.3 Å². The summed E-state index contributed by atoms with van der Waals surface area (Å²) in [6, 6.07) is 10.3. The highest BCUT2D eigenvalue weighted by Gasteiger charge is 2.27. The zero-order valence-electron chi connectivity index (χ0n) is 16.9. The molecule has 150 valence electrons. The molecule has 2 atom stereocenters. The van der Waals surface area contributed by atoms with Gasteiger partial charge in [-0.25, -0.2) is 0 Å². The summed E-state index contributed by atoms with van der Waals surface area (Å²) in [5.74, 6) is 1.85. The number of hydrogen-bond donors (Lipinski definition) is 1. The fraction of sp³-hybridized carbons (Fsp3) is 0.500. The number of rotatable bonds is 5. The second kappa shape index (κ2) is 7.87. The van der Waals surface area contributed by atoms with Crippen LogP contribution in [0, 0.1) is 5.92 Å². The first-order valence-electron chi connectivity index (χ1n) is 10.1. The van der Waals surface area contributed by atoms with E-state index in [1.807, 2.05) is 18.2 Å². The van der Waals surface area contributed by atoms with Crippen molar-refractivity contribution in [2.24, 2.45) is 5.92 Å². The van der Waals surface area contributed by atoms with E-state index in [0.29, 0.717) is 19.8 Å². The van der Waals surface area contributed by atoms with Crippen LogP contribution in [0.4, 0.5) is 0 Å². The largest absolute Gasteiger partial charge is 0.486 e. The molecule has 2 aromatic rings. The molecule has 0 unspecified atom stereocenters. The van der Waals surface area contributed by atoms with E-state index in [-0.39, 0.29) is 23.9 Å². The first-order chi connectivity index (χ1) is 13.5. The number of amides is 1. The van der Waals surface area contributed by atoms with E-state index in [1.54, 1.807) is 0 Å². The molecule has 6 heteroatoms. The molecule has 1 aromatic carbocycles. The lowest BCUT2D eigenvalue weighted by molar-refractivity contribution is -0.124. The number of benzene rings is 1. The smallest absolute Gasteiger partial charge is 0.234 e. The summed E-state index contributed by atoms with van der Waals surface area (Å²) >= 11 is 0. The van der Waals surface area contributed by atoms with Gasteiger partial charge in [0.05, 0.1) is 12.6 Å². The number of hydrogen-bond acceptors (Lipinski definition) is 4. The van der Waals surface area contributed by atoms with Crippen molar-refractivity contribution >= 4 is 5.91 Å². The van der Waals surface area contributed by atoms with E-state index < -0.39 is 0 Å². The summed E-state index contributed by atoms with van der Waals surface area (Å²) < 4.78 is 13.6. The lowest BCUT2D eigenvalue weighted by atomic mass is 9.95. The number of carbonyl (C=O) groups excluding carboxylic acids is 1. The van der Waals surface area contributed by atoms with Gasteiger partial charge in [-0.15, -0.1) is 0 Å². The minimum Gasteiger partial charge on any atom is -0.486 e. The predicted octanol–water partition coefficient (Wildman–Crippen LogP) is 3.15. The van der Waals surface area contributed by atoms with E-state index in [4.69, 9.17) is 9.47 Å². The van der Waals surface area contributed by atoms with E-state index in [9.17, 15) is 4.79 Å². The summed E-state index contributed by atoms with van der Waals surface area (Å²) in [7, 11) is 0. The summed E-state index contributed by atoms with van der Waals surface area (Å²) in [5, 5.41) is 3.24. The van der Waals surface area contributed by atoms with E-state index in [1.165, 1.54) is 5.69 Å². The van der Waals surface area contributed by atoms with Gasteiger partial charge in [0.1, 0.15) is 13.2 Å². The lowest BCUT2D eigenvalue weighted by Crippen LogP contribution is -2.44. The second-order valence-corrected chi connectivity index (χ2v) is 7.97. The van der Waals surface area contributed by atoms with Gasteiger partial charge in [-0.05, 0) is 42.7 Å². The highest BCUT2D eigenvalue weighted by atomic mass is 16.6. The van der Waals surface area contributed by atoms with Crippen LogP contribution >= 0.6 is 0 Å². The number of carbonyl (C=O) groups is 1. The molecule has 1 N–H and O–H groups in total. The highest BCUT2D eigenvalue weighted by molar-refractivity contribution is 5.78. The van der Waals surface area contributed by atoms with Crippen molar-refractivity contribution in [3.8, 4) is 11.5 Å². The molecule has 0 radical (unpaired) electrons. The number of aromatic nitrogens is 1. The Morgan fingerprint density at radius 1 is 1.18 bits per heavy atom. The first-order valence-corrected chi connectivity index (χ1v) is 10.1. The van der Waals surface area contributed by atoms with E-state index >= 15 is 0 Å². The van der Waals surface area contributed by atoms with Crippen molar-refractivity contribution in [2.75, 3.05) is 26.3 Å². The van der Waals surface area contributed by atoms with Crippen molar-refractivity contribution < 1.29 is 14.3 Å². The zero-order chi connectivity index (χ0) is 19.7. The van der Waals surface area contributed by atoms with Crippen molar-refractivity contribution in [1.82, 2.24) is 14.8 Å². The maximum atomic E-state index is 12.9. The normalized spacial score (nSPS) is 19.9. The van der Waals surface area contributed by atoms with Crippen molar-refractivity contribution in [1.29, 1.82) is 0 Å². The van der Waals surface area contributed by atoms with Gasteiger partial charge in [0.2, 0.25) is 5.91 Å². The minimum absolute atomic E-state index is 0.0560. The molecule has 0 saturated carbocycles. The topological polar surface area (TPSA) is 55.7 Å². The molecular formula is C22H29N3O3. The Balaban J connectivity index is 1.44. The molecule has 28 heavy (non-hydrogen) atoms. The summed E-state index contributed by atoms with van der Waals surface area (Å²) in [4.78, 5) is 15.1. The second-order valence-electron chi connectivity index (χ2n) is 7.97. The first kappa shape index (κ1) is 18.9. The Labute approximate surface area is 166 Å². The summed E-state index contributed by atoms with van der Waals surface area (Å²) in [6.45, 7) is 9.76. The maximum Gasteiger partial charge on any atom is 0.234 e. The van der Waals surface area contributed by atoms with Crippen molar-refractivity contribution in [3.63, 3.8) is 0 Å². The molecule has 3 heterocycles. The molecule has 0 aliphatic carbocycles. The van der Waals surface area contributed by atoms with Gasteiger partial charge in [-0.2, -0.15) is 0 Å². The van der Waals surface area contributed by atoms with Crippen LogP contribution < -0.4 is 14.8 Å². The van der Waals surface area contributed by atoms with Gasteiger partial charge in [-0.3, -0.25) is 9.69 Å². The third-order valence-electron chi connectivity index (χ3n) is 5.72. The van der Waals surface area contributed by atoms with E-state index in [2.05, 4.69) is 53.9 Å². The fourth-order valence-electron chi connectivity index (χ4n) is 4.13. The van der Waals surface area contributed by atoms with Crippen LogP contribution in [0.3, 0.4) is 0 Å². The molecule has 4 rings (SSSR count). The lowest BCUT2D eigenvalue weighted by Gasteiger charge is -2.35. The van der Waals surface area contributed by atoms with Gasteiger partial charge in [0.25, 0.3) is 0 Å². The molecule has 1 amide bonds. The molecular weight excluding hydrogens is 354 g/mol. The Morgan fingerprint density at radius 3 is 2.75 bits per heavy atom. The van der Waals surface area contributed by atoms with Crippen molar-refractivity contribution in [2.45, 2.75) is 39.4 Å². The monoisotopic (exact) mass is 383 g/mol. The number of nitrogens with one attached hydrogen (secondary N) is 1. The van der Waals surface area contributed by atoms with Gasteiger partial charge >= 0.3 is 0 Å². The Hall–Kier alpha value is -2.47. The average Bonchev–Trinajstić information content (AvgIpc) is 3.17. The molecule has 2 aliphatic heterocycles. The Kier molecular flexibility index (Phi) is 5.31. The molecule has 1 aromatic heterocycles. The van der Waals surface area contributed by atoms with Gasteiger partial charge < -0.3 is 19.4 Å². The van der Waals surface area contributed by atoms with Crippen molar-refractivity contribution in [3.05, 3.63) is 47.8 Å². The minimum atomic E-state index is -0.0627. The summed E-state index contributed by atoms with van der Waals surface area (Å²) in [6.07, 6.45) is 2.11. The van der Waals surface area contributed by atoms with Gasteiger partial charge in [0.15, 0.2) is 11.5 Å². The molecule has 0 saturated heterocycles. The quantitative estimate of drug-likeness (QED) is 0.862. The predicted molar refractivity (Wildman–Crippen MR) is 108 cm³/mol. The molecule has 0 bridgehead atoms. The number of fused-ring (bicyclic) bond motifs is 2. The molecule has 0 fully saturated rings. The average molecular weight is 383 g/mol. The van der Waals surface area contributed by atoms with Gasteiger partial charge in [0, 0.05) is 31.0 Å². The van der Waals surface area contributed by atoms with Crippen LogP contribution in [0.15, 0.2) is 36.5 Å². The molecule has 2 aliphatic rings. The number of nitrogens with zero attached hydrogens (tertiary/aromatic N) is 2. The molecule has 0 spiro atoms. The fourth-order valence-corrected chi connectivity index (χ4v) is 4.13. The zero-order valence-corrected chi connectivity index (χ0v) is 16.9. The number of ether oxygens (including phenoxy) is 2. The third-order valence-corrected chi connectivity index (χ3v) is 5.72. The van der Waals surface area contributed by atoms with Crippen LogP contribution in [0.2, 0.25) is 0 Å². The van der Waals surface area contributed by atoms with Gasteiger partial charge in [-0.1, -0.05) is 19.9 Å². The highest BCUT2D eigenvalue weighted by Crippen LogP contribution is 2.34. The van der Waals surface area contributed by atoms with Crippen LogP contribution in [0.1, 0.15) is 44.1 Å². The SMILES string of the molecule is CC(C)[C@@H](NC(=O)CN1CCn2cccc2[C@@H]1C)c1ccc2c(c1)OCCO2.